The highest BCUT2D eigenvalue weighted by molar-refractivity contribution is 7.10. The van der Waals surface area contributed by atoms with E-state index in [2.05, 4.69) is 4.98 Å². The van der Waals surface area contributed by atoms with Crippen LogP contribution in [0, 0.1) is 0 Å². The van der Waals surface area contributed by atoms with E-state index in [1.807, 2.05) is 6.20 Å². The quantitative estimate of drug-likeness (QED) is 0.671. The summed E-state index contributed by atoms with van der Waals surface area (Å²) >= 11 is 1.59. The third-order valence-electron chi connectivity index (χ3n) is 2.33. The zero-order valence-electron chi connectivity index (χ0n) is 6.33. The van der Waals surface area contributed by atoms with Crippen LogP contribution >= 0.6 is 11.3 Å². The van der Waals surface area contributed by atoms with Gasteiger partial charge in [0.1, 0.15) is 5.78 Å². The predicted octanol–water partition coefficient (Wildman–Crippen LogP) is 1.76. The van der Waals surface area contributed by atoms with Crippen molar-refractivity contribution in [3.63, 3.8) is 0 Å². The van der Waals surface area contributed by atoms with Crippen molar-refractivity contribution in [2.75, 3.05) is 0 Å². The number of nitrogens with zero attached hydrogens (tertiary/aromatic N) is 1. The molecule has 1 aliphatic rings. The van der Waals surface area contributed by atoms with Gasteiger partial charge in [0.25, 0.3) is 0 Å². The van der Waals surface area contributed by atoms with Crippen LogP contribution in [-0.4, -0.2) is 10.8 Å². The lowest BCUT2D eigenvalue weighted by Crippen LogP contribution is -2.14. The molecule has 2 rings (SSSR count). The molecule has 58 valence electrons. The maximum absolute atomic E-state index is 11.2. The molecule has 0 bridgehead atoms. The van der Waals surface area contributed by atoms with E-state index in [0.717, 1.165) is 17.7 Å². The van der Waals surface area contributed by atoms with Crippen LogP contribution in [0.4, 0.5) is 0 Å². The number of aromatic nitrogens is 1. The number of hydrogen-bond donors (Lipinski definition) is 0. The first-order chi connectivity index (χ1) is 5.26. The normalized spacial score (nSPS) is 19.7. The fraction of sp³-hybridized carbons (Fsp3) is 0.500. The Kier molecular flexibility index (Phi) is 1.36. The minimum Gasteiger partial charge on any atom is -0.299 e. The molecule has 0 N–H and O–H groups in total. The van der Waals surface area contributed by atoms with E-state index in [9.17, 15) is 4.79 Å². The molecule has 2 nitrogen and oxygen atoms in total. The topological polar surface area (TPSA) is 30.0 Å². The van der Waals surface area contributed by atoms with Gasteiger partial charge in [0.2, 0.25) is 0 Å². The Labute approximate surface area is 69.3 Å². The fourth-order valence-corrected chi connectivity index (χ4v) is 2.28. The molecule has 1 aromatic heterocycles. The Hall–Kier alpha value is -0.700. The average Bonchev–Trinajstić information content (AvgIpc) is 2.61. The Balaban J connectivity index is 2.36. The summed E-state index contributed by atoms with van der Waals surface area (Å²) in [5.74, 6) is 0.293. The molecule has 1 aromatic rings. The Bertz CT molecular complexity index is 274. The molecule has 0 saturated heterocycles. The van der Waals surface area contributed by atoms with Gasteiger partial charge in [-0.15, -0.1) is 11.3 Å². The number of rotatable bonds is 2. The summed E-state index contributed by atoms with van der Waals surface area (Å²) in [6.45, 7) is 1.67. The van der Waals surface area contributed by atoms with E-state index < -0.39 is 0 Å². The molecule has 3 heteroatoms. The van der Waals surface area contributed by atoms with Crippen LogP contribution in [-0.2, 0) is 10.2 Å². The van der Waals surface area contributed by atoms with Gasteiger partial charge in [-0.05, 0) is 19.8 Å². The minimum atomic E-state index is -0.110. The number of thiazole rings is 1. The Morgan fingerprint density at radius 3 is 2.82 bits per heavy atom. The molecule has 1 saturated carbocycles. The van der Waals surface area contributed by atoms with Gasteiger partial charge < -0.3 is 0 Å². The molecule has 0 radical (unpaired) electrons. The summed E-state index contributed by atoms with van der Waals surface area (Å²) in [7, 11) is 0. The molecule has 0 spiro atoms. The summed E-state index contributed by atoms with van der Waals surface area (Å²) in [5, 5.41) is 0. The van der Waals surface area contributed by atoms with Crippen molar-refractivity contribution >= 4 is 17.1 Å². The average molecular weight is 167 g/mol. The van der Waals surface area contributed by atoms with Crippen LogP contribution in [0.1, 0.15) is 24.6 Å². The zero-order valence-corrected chi connectivity index (χ0v) is 7.15. The summed E-state index contributed by atoms with van der Waals surface area (Å²) < 4.78 is 0. The lowest BCUT2D eigenvalue weighted by atomic mass is 10.0. The second-order valence-electron chi connectivity index (χ2n) is 3.00. The number of carbonyl (C=O) groups is 1. The van der Waals surface area contributed by atoms with Crippen LogP contribution in [0.3, 0.4) is 0 Å². The lowest BCUT2D eigenvalue weighted by Gasteiger charge is -2.05. The molecular formula is C8H9NOS. The first-order valence-electron chi connectivity index (χ1n) is 3.66. The first-order valence-corrected chi connectivity index (χ1v) is 4.54. The Morgan fingerprint density at radius 2 is 2.45 bits per heavy atom. The highest BCUT2D eigenvalue weighted by atomic mass is 32.1. The van der Waals surface area contributed by atoms with Crippen molar-refractivity contribution in [3.05, 3.63) is 16.6 Å². The van der Waals surface area contributed by atoms with E-state index in [1.54, 1.807) is 23.8 Å². The maximum atomic E-state index is 11.2. The molecule has 0 atom stereocenters. The third kappa shape index (κ3) is 0.913. The van der Waals surface area contributed by atoms with Crippen molar-refractivity contribution in [1.82, 2.24) is 4.98 Å². The summed E-state index contributed by atoms with van der Waals surface area (Å²) in [5.41, 5.74) is 1.68. The van der Waals surface area contributed by atoms with Gasteiger partial charge >= 0.3 is 0 Å². The molecule has 1 fully saturated rings. The van der Waals surface area contributed by atoms with Crippen LogP contribution in [0.25, 0.3) is 0 Å². The summed E-state index contributed by atoms with van der Waals surface area (Å²) in [6.07, 6.45) is 3.86. The van der Waals surface area contributed by atoms with E-state index >= 15 is 0 Å². The van der Waals surface area contributed by atoms with Crippen LogP contribution in [0.15, 0.2) is 11.7 Å². The molecule has 0 amide bonds. The monoisotopic (exact) mass is 167 g/mol. The molecule has 11 heavy (non-hydrogen) atoms. The standard InChI is InChI=1S/C8H9NOS/c1-6(10)8(2-3-8)7-4-9-5-11-7/h4-5H,2-3H2,1H3. The highest BCUT2D eigenvalue weighted by Crippen LogP contribution is 2.50. The SMILES string of the molecule is CC(=O)C1(c2cncs2)CC1. The summed E-state index contributed by atoms with van der Waals surface area (Å²) in [4.78, 5) is 16.3. The van der Waals surface area contributed by atoms with Gasteiger partial charge in [0.05, 0.1) is 10.9 Å². The van der Waals surface area contributed by atoms with Crippen LogP contribution in [0.5, 0.6) is 0 Å². The van der Waals surface area contributed by atoms with Crippen molar-refractivity contribution in [1.29, 1.82) is 0 Å². The molecule has 0 aliphatic heterocycles. The maximum Gasteiger partial charge on any atom is 0.141 e. The molecule has 1 heterocycles. The van der Waals surface area contributed by atoms with Gasteiger partial charge in [-0.25, -0.2) is 0 Å². The largest absolute Gasteiger partial charge is 0.299 e. The van der Waals surface area contributed by atoms with Crippen molar-refractivity contribution in [2.24, 2.45) is 0 Å². The van der Waals surface area contributed by atoms with Crippen molar-refractivity contribution in [3.8, 4) is 0 Å². The summed E-state index contributed by atoms with van der Waals surface area (Å²) in [6, 6.07) is 0. The van der Waals surface area contributed by atoms with Gasteiger partial charge in [-0.3, -0.25) is 9.78 Å². The Morgan fingerprint density at radius 1 is 1.73 bits per heavy atom. The third-order valence-corrected chi connectivity index (χ3v) is 3.31. The number of Topliss-reactive ketones (excluding diaryl/α,β-unsaturated/α-hetero) is 1. The zero-order chi connectivity index (χ0) is 7.90. The van der Waals surface area contributed by atoms with E-state index in [4.69, 9.17) is 0 Å². The molecule has 0 unspecified atom stereocenters. The van der Waals surface area contributed by atoms with Crippen molar-refractivity contribution < 1.29 is 4.79 Å². The smallest absolute Gasteiger partial charge is 0.141 e. The fourth-order valence-electron chi connectivity index (χ4n) is 1.35. The highest BCUT2D eigenvalue weighted by Gasteiger charge is 2.49. The molecular weight excluding hydrogens is 158 g/mol. The number of hydrogen-bond acceptors (Lipinski definition) is 3. The van der Waals surface area contributed by atoms with Gasteiger partial charge in [-0.1, -0.05) is 0 Å². The van der Waals surface area contributed by atoms with Crippen molar-refractivity contribution in [2.45, 2.75) is 25.2 Å². The minimum absolute atomic E-state index is 0.110. The van der Waals surface area contributed by atoms with Gasteiger partial charge in [-0.2, -0.15) is 0 Å². The lowest BCUT2D eigenvalue weighted by molar-refractivity contribution is -0.119. The second kappa shape index (κ2) is 2.14. The second-order valence-corrected chi connectivity index (χ2v) is 3.89. The predicted molar refractivity (Wildman–Crippen MR) is 43.7 cm³/mol. The van der Waals surface area contributed by atoms with Crippen LogP contribution in [0.2, 0.25) is 0 Å². The van der Waals surface area contributed by atoms with E-state index in [1.165, 1.54) is 0 Å². The molecule has 0 aromatic carbocycles. The molecule has 1 aliphatic carbocycles. The van der Waals surface area contributed by atoms with Gasteiger partial charge in [0, 0.05) is 11.1 Å². The number of ketones is 1. The van der Waals surface area contributed by atoms with E-state index in [0.29, 0.717) is 5.78 Å². The first kappa shape index (κ1) is 6.98. The van der Waals surface area contributed by atoms with Crippen LogP contribution < -0.4 is 0 Å². The van der Waals surface area contributed by atoms with E-state index in [-0.39, 0.29) is 5.41 Å². The number of carbonyl (C=O) groups excluding carboxylic acids is 1. The van der Waals surface area contributed by atoms with Gasteiger partial charge in [0.15, 0.2) is 0 Å².